The maximum Gasteiger partial charge on any atom is 0.228 e. The Bertz CT molecular complexity index is 1100. The number of hydrogen-bond donors (Lipinski definition) is 0. The van der Waals surface area contributed by atoms with Gasteiger partial charge >= 0.3 is 0 Å². The minimum Gasteiger partial charge on any atom is -0.486 e. The van der Waals surface area contributed by atoms with Crippen LogP contribution in [0.2, 0.25) is 0 Å². The Kier molecular flexibility index (Phi) is 4.78. The van der Waals surface area contributed by atoms with E-state index in [-0.39, 0.29) is 24.2 Å². The molecule has 2 amide bonds. The fourth-order valence-electron chi connectivity index (χ4n) is 3.90. The van der Waals surface area contributed by atoms with E-state index in [1.807, 2.05) is 42.5 Å². The van der Waals surface area contributed by atoms with Crippen LogP contribution in [0.1, 0.15) is 11.4 Å². The Morgan fingerprint density at radius 2 is 2.00 bits per heavy atom. The molecular weight excluding hydrogens is 402 g/mol. The van der Waals surface area contributed by atoms with Crippen molar-refractivity contribution in [3.05, 3.63) is 47.5 Å². The van der Waals surface area contributed by atoms with Gasteiger partial charge in [0.15, 0.2) is 11.5 Å². The van der Waals surface area contributed by atoms with Crippen LogP contribution in [0.25, 0.3) is 10.2 Å². The largest absolute Gasteiger partial charge is 0.486 e. The summed E-state index contributed by atoms with van der Waals surface area (Å²) in [5.41, 5.74) is 1.67. The van der Waals surface area contributed by atoms with Gasteiger partial charge in [-0.05, 0) is 24.3 Å². The van der Waals surface area contributed by atoms with E-state index >= 15 is 0 Å². The summed E-state index contributed by atoms with van der Waals surface area (Å²) in [6.07, 6.45) is 0.206. The fourth-order valence-corrected chi connectivity index (χ4v) is 4.92. The third kappa shape index (κ3) is 3.47. The standard InChI is InChI=1S/C22H21N3O4S/c1-24(13-20-23-16-4-2-3-5-19(16)30-20)22(27)14-10-21(26)25(12-14)15-6-7-17-18(11-15)29-9-8-28-17/h2-7,11,14H,8-10,12-13H2,1H3. The molecule has 0 aliphatic carbocycles. The molecule has 5 rings (SSSR count). The van der Waals surface area contributed by atoms with Crippen molar-refractivity contribution in [1.82, 2.24) is 9.88 Å². The third-order valence-corrected chi connectivity index (χ3v) is 6.42. The molecule has 30 heavy (non-hydrogen) atoms. The van der Waals surface area contributed by atoms with E-state index in [9.17, 15) is 9.59 Å². The van der Waals surface area contributed by atoms with Crippen LogP contribution in [0.15, 0.2) is 42.5 Å². The Labute approximate surface area is 177 Å². The van der Waals surface area contributed by atoms with Gasteiger partial charge in [-0.25, -0.2) is 4.98 Å². The lowest BCUT2D eigenvalue weighted by Crippen LogP contribution is -2.34. The smallest absolute Gasteiger partial charge is 0.228 e. The first kappa shape index (κ1) is 18.9. The minimum atomic E-state index is -0.370. The van der Waals surface area contributed by atoms with Crippen molar-refractivity contribution in [2.45, 2.75) is 13.0 Å². The van der Waals surface area contributed by atoms with Crippen molar-refractivity contribution < 1.29 is 19.1 Å². The summed E-state index contributed by atoms with van der Waals surface area (Å²) >= 11 is 1.59. The average Bonchev–Trinajstić information content (AvgIpc) is 3.35. The van der Waals surface area contributed by atoms with E-state index in [1.165, 1.54) is 0 Å². The van der Waals surface area contributed by atoms with E-state index in [4.69, 9.17) is 9.47 Å². The molecule has 154 valence electrons. The number of thiazole rings is 1. The summed E-state index contributed by atoms with van der Waals surface area (Å²) in [7, 11) is 1.77. The van der Waals surface area contributed by atoms with Crippen molar-refractivity contribution in [1.29, 1.82) is 0 Å². The second-order valence-corrected chi connectivity index (χ2v) is 8.62. The molecule has 7 nitrogen and oxygen atoms in total. The van der Waals surface area contributed by atoms with Crippen molar-refractivity contribution in [3.63, 3.8) is 0 Å². The lowest BCUT2D eigenvalue weighted by atomic mass is 10.1. The third-order valence-electron chi connectivity index (χ3n) is 5.40. The van der Waals surface area contributed by atoms with Crippen molar-refractivity contribution in [2.75, 3.05) is 31.7 Å². The first-order valence-electron chi connectivity index (χ1n) is 9.88. The zero-order chi connectivity index (χ0) is 20.7. The lowest BCUT2D eigenvalue weighted by molar-refractivity contribution is -0.135. The monoisotopic (exact) mass is 423 g/mol. The molecule has 0 saturated carbocycles. The van der Waals surface area contributed by atoms with E-state index in [0.717, 1.165) is 20.9 Å². The van der Waals surface area contributed by atoms with Gasteiger partial charge in [-0.3, -0.25) is 9.59 Å². The van der Waals surface area contributed by atoms with Gasteiger partial charge < -0.3 is 19.3 Å². The minimum absolute atomic E-state index is 0.0392. The molecule has 2 aliphatic rings. The van der Waals surface area contributed by atoms with E-state index in [2.05, 4.69) is 4.98 Å². The number of amides is 2. The number of benzene rings is 2. The molecule has 1 atom stereocenters. The predicted molar refractivity (Wildman–Crippen MR) is 114 cm³/mol. The number of carbonyl (C=O) groups is 2. The maximum atomic E-state index is 13.0. The molecule has 0 bridgehead atoms. The summed E-state index contributed by atoms with van der Waals surface area (Å²) in [5.74, 6) is 0.847. The van der Waals surface area contributed by atoms with Crippen LogP contribution in [-0.4, -0.2) is 48.5 Å². The summed E-state index contributed by atoms with van der Waals surface area (Å²) in [4.78, 5) is 33.6. The first-order valence-corrected chi connectivity index (χ1v) is 10.7. The van der Waals surface area contributed by atoms with Gasteiger partial charge in [0.25, 0.3) is 0 Å². The van der Waals surface area contributed by atoms with Gasteiger partial charge in [0.05, 0.1) is 22.7 Å². The van der Waals surface area contributed by atoms with Crippen LogP contribution >= 0.6 is 11.3 Å². The zero-order valence-corrected chi connectivity index (χ0v) is 17.4. The summed E-state index contributed by atoms with van der Waals surface area (Å²) in [6.45, 7) is 1.81. The molecule has 3 heterocycles. The highest BCUT2D eigenvalue weighted by Gasteiger charge is 2.37. The topological polar surface area (TPSA) is 72.0 Å². The average molecular weight is 423 g/mol. The van der Waals surface area contributed by atoms with E-state index in [1.54, 1.807) is 28.2 Å². The van der Waals surface area contributed by atoms with Gasteiger partial charge in [0, 0.05) is 31.8 Å². The number of ether oxygens (including phenoxy) is 2. The van der Waals surface area contributed by atoms with E-state index < -0.39 is 0 Å². The fraction of sp³-hybridized carbons (Fsp3) is 0.318. The Morgan fingerprint density at radius 1 is 1.20 bits per heavy atom. The zero-order valence-electron chi connectivity index (χ0n) is 16.5. The number of nitrogens with zero attached hydrogens (tertiary/aromatic N) is 3. The van der Waals surface area contributed by atoms with Gasteiger partial charge in [0.2, 0.25) is 11.8 Å². The molecule has 1 fully saturated rings. The molecule has 1 unspecified atom stereocenters. The first-order chi connectivity index (χ1) is 14.6. The molecular formula is C22H21N3O4S. The van der Waals surface area contributed by atoms with Crippen LogP contribution in [0, 0.1) is 5.92 Å². The van der Waals surface area contributed by atoms with Gasteiger partial charge in [-0.15, -0.1) is 11.3 Å². The van der Waals surface area contributed by atoms with E-state index in [0.29, 0.717) is 37.8 Å². The highest BCUT2D eigenvalue weighted by molar-refractivity contribution is 7.18. The molecule has 2 aliphatic heterocycles. The maximum absolute atomic E-state index is 13.0. The number of carbonyl (C=O) groups excluding carboxylic acids is 2. The van der Waals surface area contributed by atoms with Crippen LogP contribution in [0.5, 0.6) is 11.5 Å². The molecule has 8 heteroatoms. The van der Waals surface area contributed by atoms with Crippen LogP contribution in [0.4, 0.5) is 5.69 Å². The van der Waals surface area contributed by atoms with Crippen molar-refractivity contribution >= 4 is 39.1 Å². The van der Waals surface area contributed by atoms with Crippen molar-refractivity contribution in [3.8, 4) is 11.5 Å². The normalized spacial score (nSPS) is 18.1. The number of rotatable bonds is 4. The molecule has 0 N–H and O–H groups in total. The SMILES string of the molecule is CN(Cc1nc2ccccc2s1)C(=O)C1CC(=O)N(c2ccc3c(c2)OCCO3)C1. The second-order valence-electron chi connectivity index (χ2n) is 7.50. The van der Waals surface area contributed by atoms with Gasteiger partial charge in [0.1, 0.15) is 18.2 Å². The highest BCUT2D eigenvalue weighted by Crippen LogP contribution is 2.36. The Hall–Kier alpha value is -3.13. The highest BCUT2D eigenvalue weighted by atomic mass is 32.1. The number of aromatic nitrogens is 1. The second kappa shape index (κ2) is 7.60. The number of para-hydroxylation sites is 1. The van der Waals surface area contributed by atoms with Crippen LogP contribution < -0.4 is 14.4 Å². The van der Waals surface area contributed by atoms with Crippen LogP contribution in [0.3, 0.4) is 0 Å². The summed E-state index contributed by atoms with van der Waals surface area (Å²) in [6, 6.07) is 13.4. The predicted octanol–water partition coefficient (Wildman–Crippen LogP) is 3.08. The molecule has 3 aromatic rings. The summed E-state index contributed by atoms with van der Waals surface area (Å²) in [5, 5.41) is 0.889. The van der Waals surface area contributed by atoms with Crippen LogP contribution in [-0.2, 0) is 16.1 Å². The quantitative estimate of drug-likeness (QED) is 0.645. The number of fused-ring (bicyclic) bond motifs is 2. The molecule has 1 aromatic heterocycles. The number of anilines is 1. The molecule has 2 aromatic carbocycles. The molecule has 0 spiro atoms. The van der Waals surface area contributed by atoms with Gasteiger partial charge in [-0.1, -0.05) is 12.1 Å². The molecule has 0 radical (unpaired) electrons. The number of hydrogen-bond acceptors (Lipinski definition) is 6. The lowest BCUT2D eigenvalue weighted by Gasteiger charge is -2.23. The van der Waals surface area contributed by atoms with Gasteiger partial charge in [-0.2, -0.15) is 0 Å². The summed E-state index contributed by atoms with van der Waals surface area (Å²) < 4.78 is 12.3. The van der Waals surface area contributed by atoms with Crippen molar-refractivity contribution in [2.24, 2.45) is 5.92 Å². The Morgan fingerprint density at radius 3 is 2.83 bits per heavy atom. The molecule has 1 saturated heterocycles. The Balaban J connectivity index is 1.28.